The summed E-state index contributed by atoms with van der Waals surface area (Å²) in [5, 5.41) is 3.25. The van der Waals surface area contributed by atoms with Crippen molar-refractivity contribution in [2.45, 2.75) is 33.1 Å². The van der Waals surface area contributed by atoms with Crippen molar-refractivity contribution in [1.82, 2.24) is 5.32 Å². The van der Waals surface area contributed by atoms with Gasteiger partial charge in [0.1, 0.15) is 0 Å². The molecule has 13 heavy (non-hydrogen) atoms. The summed E-state index contributed by atoms with van der Waals surface area (Å²) in [6, 6.07) is 0. The number of nitrogens with one attached hydrogen (secondary N) is 1. The Morgan fingerprint density at radius 1 is 1.31 bits per heavy atom. The van der Waals surface area contributed by atoms with E-state index in [0.29, 0.717) is 6.42 Å². The molecule has 0 bridgehead atoms. The van der Waals surface area contributed by atoms with E-state index in [0.717, 1.165) is 31.8 Å². The third kappa shape index (κ3) is 8.51. The predicted octanol–water partition coefficient (Wildman–Crippen LogP) is 2.98. The first-order chi connectivity index (χ1) is 6.12. The SMILES string of the molecule is CC(C)(CCCCl)CNCCCF. The van der Waals surface area contributed by atoms with Gasteiger partial charge < -0.3 is 5.32 Å². The second-order valence-corrected chi connectivity index (χ2v) is 4.55. The molecule has 0 heterocycles. The molecular weight excluding hydrogens is 189 g/mol. The molecular formula is C10H21ClFN. The molecule has 0 aromatic heterocycles. The molecule has 0 aromatic rings. The Balaban J connectivity index is 3.39. The van der Waals surface area contributed by atoms with Crippen LogP contribution in [0.2, 0.25) is 0 Å². The molecule has 0 amide bonds. The average molecular weight is 210 g/mol. The third-order valence-electron chi connectivity index (χ3n) is 2.08. The molecule has 0 atom stereocenters. The van der Waals surface area contributed by atoms with E-state index in [1.54, 1.807) is 0 Å². The molecule has 80 valence electrons. The highest BCUT2D eigenvalue weighted by Gasteiger charge is 2.15. The van der Waals surface area contributed by atoms with Crippen molar-refractivity contribution in [3.05, 3.63) is 0 Å². The van der Waals surface area contributed by atoms with Crippen LogP contribution in [0.5, 0.6) is 0 Å². The Labute approximate surface area is 86.0 Å². The number of hydrogen-bond donors (Lipinski definition) is 1. The fourth-order valence-electron chi connectivity index (χ4n) is 1.25. The van der Waals surface area contributed by atoms with Crippen LogP contribution in [-0.2, 0) is 0 Å². The van der Waals surface area contributed by atoms with Crippen molar-refractivity contribution in [3.63, 3.8) is 0 Å². The Hall–Kier alpha value is 0.180. The molecule has 0 spiro atoms. The maximum atomic E-state index is 11.8. The van der Waals surface area contributed by atoms with Crippen LogP contribution in [0, 0.1) is 5.41 Å². The summed E-state index contributed by atoms with van der Waals surface area (Å²) in [6.07, 6.45) is 2.80. The van der Waals surface area contributed by atoms with Gasteiger partial charge in [0.25, 0.3) is 0 Å². The molecule has 0 aliphatic heterocycles. The molecule has 0 saturated heterocycles. The van der Waals surface area contributed by atoms with E-state index in [9.17, 15) is 4.39 Å². The van der Waals surface area contributed by atoms with Gasteiger partial charge in [-0.05, 0) is 31.2 Å². The first-order valence-corrected chi connectivity index (χ1v) is 5.48. The van der Waals surface area contributed by atoms with Crippen LogP contribution in [-0.4, -0.2) is 25.6 Å². The van der Waals surface area contributed by atoms with Crippen molar-refractivity contribution in [2.75, 3.05) is 25.6 Å². The highest BCUT2D eigenvalue weighted by molar-refractivity contribution is 6.17. The summed E-state index contributed by atoms with van der Waals surface area (Å²) < 4.78 is 11.8. The minimum Gasteiger partial charge on any atom is -0.316 e. The lowest BCUT2D eigenvalue weighted by atomic mass is 9.88. The standard InChI is InChI=1S/C10H21ClFN/c1-10(2,5-3-6-11)9-13-8-4-7-12/h13H,3-9H2,1-2H3. The summed E-state index contributed by atoms with van der Waals surface area (Å²) in [5.41, 5.74) is 0.283. The van der Waals surface area contributed by atoms with Gasteiger partial charge in [0.2, 0.25) is 0 Å². The third-order valence-corrected chi connectivity index (χ3v) is 2.35. The van der Waals surface area contributed by atoms with E-state index in [1.165, 1.54) is 0 Å². The van der Waals surface area contributed by atoms with Crippen LogP contribution in [0.25, 0.3) is 0 Å². The maximum absolute atomic E-state index is 11.8. The first kappa shape index (κ1) is 13.2. The van der Waals surface area contributed by atoms with E-state index in [4.69, 9.17) is 11.6 Å². The van der Waals surface area contributed by atoms with Gasteiger partial charge in [-0.2, -0.15) is 0 Å². The van der Waals surface area contributed by atoms with Gasteiger partial charge >= 0.3 is 0 Å². The zero-order valence-electron chi connectivity index (χ0n) is 8.71. The van der Waals surface area contributed by atoms with E-state index in [1.807, 2.05) is 0 Å². The van der Waals surface area contributed by atoms with Gasteiger partial charge in [0.15, 0.2) is 0 Å². The summed E-state index contributed by atoms with van der Waals surface area (Å²) in [7, 11) is 0. The number of rotatable bonds is 8. The largest absolute Gasteiger partial charge is 0.316 e. The fraction of sp³-hybridized carbons (Fsp3) is 1.00. The summed E-state index contributed by atoms with van der Waals surface area (Å²) in [4.78, 5) is 0. The Morgan fingerprint density at radius 2 is 2.00 bits per heavy atom. The highest BCUT2D eigenvalue weighted by atomic mass is 35.5. The molecule has 0 aliphatic rings. The number of hydrogen-bond acceptors (Lipinski definition) is 1. The lowest BCUT2D eigenvalue weighted by molar-refractivity contribution is 0.308. The van der Waals surface area contributed by atoms with Gasteiger partial charge in [-0.15, -0.1) is 11.6 Å². The molecule has 0 fully saturated rings. The Bertz CT molecular complexity index is 117. The predicted molar refractivity (Wildman–Crippen MR) is 57.2 cm³/mol. The molecule has 0 unspecified atom stereocenters. The fourth-order valence-corrected chi connectivity index (χ4v) is 1.39. The highest BCUT2D eigenvalue weighted by Crippen LogP contribution is 2.21. The monoisotopic (exact) mass is 209 g/mol. The lowest BCUT2D eigenvalue weighted by Gasteiger charge is -2.24. The van der Waals surface area contributed by atoms with Crippen LogP contribution in [0.1, 0.15) is 33.1 Å². The molecule has 3 heteroatoms. The number of halogens is 2. The van der Waals surface area contributed by atoms with Gasteiger partial charge in [0, 0.05) is 12.4 Å². The molecule has 1 nitrogen and oxygen atoms in total. The minimum atomic E-state index is -0.227. The van der Waals surface area contributed by atoms with Crippen LogP contribution < -0.4 is 5.32 Å². The van der Waals surface area contributed by atoms with E-state index >= 15 is 0 Å². The van der Waals surface area contributed by atoms with Crippen molar-refractivity contribution < 1.29 is 4.39 Å². The van der Waals surface area contributed by atoms with Gasteiger partial charge in [-0.25, -0.2) is 0 Å². The zero-order valence-corrected chi connectivity index (χ0v) is 9.46. The Morgan fingerprint density at radius 3 is 2.54 bits per heavy atom. The molecule has 1 N–H and O–H groups in total. The van der Waals surface area contributed by atoms with E-state index in [-0.39, 0.29) is 12.1 Å². The van der Waals surface area contributed by atoms with Crippen LogP contribution in [0.3, 0.4) is 0 Å². The second-order valence-electron chi connectivity index (χ2n) is 4.18. The normalized spacial score (nSPS) is 12.0. The van der Waals surface area contributed by atoms with Gasteiger partial charge in [-0.1, -0.05) is 13.8 Å². The Kier molecular flexibility index (Phi) is 7.68. The molecule has 0 saturated carbocycles. The molecule has 0 aliphatic carbocycles. The minimum absolute atomic E-state index is 0.227. The summed E-state index contributed by atoms with van der Waals surface area (Å²) in [6.45, 7) is 5.92. The first-order valence-electron chi connectivity index (χ1n) is 4.95. The van der Waals surface area contributed by atoms with Gasteiger partial charge in [0.05, 0.1) is 6.67 Å². The molecule has 0 rings (SSSR count). The average Bonchev–Trinajstić information content (AvgIpc) is 2.09. The smallest absolute Gasteiger partial charge is 0.0906 e. The van der Waals surface area contributed by atoms with Gasteiger partial charge in [-0.3, -0.25) is 4.39 Å². The van der Waals surface area contributed by atoms with Crippen molar-refractivity contribution in [3.8, 4) is 0 Å². The van der Waals surface area contributed by atoms with E-state index in [2.05, 4.69) is 19.2 Å². The summed E-state index contributed by atoms with van der Waals surface area (Å²) >= 11 is 5.62. The molecule has 0 aromatic carbocycles. The molecule has 0 radical (unpaired) electrons. The van der Waals surface area contributed by atoms with Crippen LogP contribution in [0.4, 0.5) is 4.39 Å². The quantitative estimate of drug-likeness (QED) is 0.479. The number of alkyl halides is 2. The van der Waals surface area contributed by atoms with Crippen molar-refractivity contribution in [1.29, 1.82) is 0 Å². The van der Waals surface area contributed by atoms with Crippen LogP contribution in [0.15, 0.2) is 0 Å². The zero-order chi connectivity index (χ0) is 10.2. The topological polar surface area (TPSA) is 12.0 Å². The lowest BCUT2D eigenvalue weighted by Crippen LogP contribution is -2.30. The van der Waals surface area contributed by atoms with Crippen LogP contribution >= 0.6 is 11.6 Å². The van der Waals surface area contributed by atoms with E-state index < -0.39 is 0 Å². The van der Waals surface area contributed by atoms with Crippen molar-refractivity contribution in [2.24, 2.45) is 5.41 Å². The van der Waals surface area contributed by atoms with Crippen molar-refractivity contribution >= 4 is 11.6 Å². The maximum Gasteiger partial charge on any atom is 0.0906 e. The summed E-state index contributed by atoms with van der Waals surface area (Å²) in [5.74, 6) is 0.730. The second kappa shape index (κ2) is 7.57.